The average Bonchev–Trinajstić information content (AvgIpc) is 2.58. The van der Waals surface area contributed by atoms with Crippen molar-refractivity contribution < 1.29 is 0 Å². The molecule has 1 nitrogen and oxygen atoms in total. The number of rotatable bonds is 1. The van der Waals surface area contributed by atoms with E-state index in [4.69, 9.17) is 0 Å². The van der Waals surface area contributed by atoms with Crippen LogP contribution in [-0.2, 0) is 0 Å². The highest BCUT2D eigenvalue weighted by Crippen LogP contribution is 2.20. The summed E-state index contributed by atoms with van der Waals surface area (Å²) in [5.41, 5.74) is 1.47. The molecule has 1 aliphatic carbocycles. The number of nitrogens with zero attached hydrogens (tertiary/aromatic N) is 1. The van der Waals surface area contributed by atoms with E-state index >= 15 is 0 Å². The van der Waals surface area contributed by atoms with Crippen LogP contribution in [0, 0.1) is 0 Å². The lowest BCUT2D eigenvalue weighted by atomic mass is 10.1. The van der Waals surface area contributed by atoms with Crippen LogP contribution in [-0.4, -0.2) is 4.57 Å². The molecular formula is C10H13N. The predicted molar refractivity (Wildman–Crippen MR) is 47.2 cm³/mol. The molecule has 0 aliphatic heterocycles. The van der Waals surface area contributed by atoms with Crippen molar-refractivity contribution in [2.45, 2.75) is 25.7 Å². The van der Waals surface area contributed by atoms with Crippen molar-refractivity contribution in [1.29, 1.82) is 0 Å². The van der Waals surface area contributed by atoms with E-state index in [0.717, 1.165) is 0 Å². The second-order valence-corrected chi connectivity index (χ2v) is 3.03. The number of hydrogen-bond donors (Lipinski definition) is 0. The summed E-state index contributed by atoms with van der Waals surface area (Å²) in [6.07, 6.45) is 11.8. The molecule has 0 saturated heterocycles. The lowest BCUT2D eigenvalue weighted by Gasteiger charge is -2.13. The Morgan fingerprint density at radius 1 is 1.09 bits per heavy atom. The van der Waals surface area contributed by atoms with Crippen LogP contribution in [0.2, 0.25) is 0 Å². The van der Waals surface area contributed by atoms with E-state index in [1.165, 1.54) is 31.4 Å². The van der Waals surface area contributed by atoms with Gasteiger partial charge in [0.15, 0.2) is 0 Å². The molecule has 1 heteroatoms. The summed E-state index contributed by atoms with van der Waals surface area (Å²) in [5, 5.41) is 0. The Hall–Kier alpha value is -0.980. The van der Waals surface area contributed by atoms with Crippen LogP contribution >= 0.6 is 0 Å². The SMILES string of the molecule is C1=C(n2cccc2)CCCC1. The van der Waals surface area contributed by atoms with Gasteiger partial charge in [0.25, 0.3) is 0 Å². The summed E-state index contributed by atoms with van der Waals surface area (Å²) < 4.78 is 2.22. The van der Waals surface area contributed by atoms with Gasteiger partial charge in [-0.3, -0.25) is 0 Å². The first kappa shape index (κ1) is 6.71. The molecule has 0 spiro atoms. The highest BCUT2D eigenvalue weighted by Gasteiger charge is 2.03. The van der Waals surface area contributed by atoms with Crippen molar-refractivity contribution in [3.63, 3.8) is 0 Å². The van der Waals surface area contributed by atoms with Gasteiger partial charge >= 0.3 is 0 Å². The minimum absolute atomic E-state index is 1.24. The molecule has 0 bridgehead atoms. The fourth-order valence-electron chi connectivity index (χ4n) is 1.58. The van der Waals surface area contributed by atoms with E-state index in [1.54, 1.807) is 0 Å². The molecule has 0 amide bonds. The zero-order chi connectivity index (χ0) is 7.52. The van der Waals surface area contributed by atoms with Crippen molar-refractivity contribution in [3.8, 4) is 0 Å². The summed E-state index contributed by atoms with van der Waals surface area (Å²) in [7, 11) is 0. The van der Waals surface area contributed by atoms with Crippen LogP contribution < -0.4 is 0 Å². The maximum atomic E-state index is 2.35. The maximum Gasteiger partial charge on any atom is 0.0180 e. The minimum atomic E-state index is 1.24. The normalized spacial score (nSPS) is 18.0. The Bertz CT molecular complexity index is 244. The third kappa shape index (κ3) is 1.37. The largest absolute Gasteiger partial charge is 0.328 e. The van der Waals surface area contributed by atoms with Crippen LogP contribution in [0.4, 0.5) is 0 Å². The Kier molecular flexibility index (Phi) is 1.80. The second kappa shape index (κ2) is 2.95. The van der Waals surface area contributed by atoms with Gasteiger partial charge in [-0.25, -0.2) is 0 Å². The Morgan fingerprint density at radius 3 is 2.55 bits per heavy atom. The number of aromatic nitrogens is 1. The smallest absolute Gasteiger partial charge is 0.0180 e. The Morgan fingerprint density at radius 2 is 1.91 bits per heavy atom. The van der Waals surface area contributed by atoms with Crippen LogP contribution in [0.25, 0.3) is 5.70 Å². The highest BCUT2D eigenvalue weighted by atomic mass is 14.9. The molecule has 2 rings (SSSR count). The van der Waals surface area contributed by atoms with Crippen molar-refractivity contribution in [2.75, 3.05) is 0 Å². The van der Waals surface area contributed by atoms with Crippen LogP contribution in [0.15, 0.2) is 30.6 Å². The van der Waals surface area contributed by atoms with Gasteiger partial charge in [-0.2, -0.15) is 0 Å². The predicted octanol–water partition coefficient (Wildman–Crippen LogP) is 2.90. The quantitative estimate of drug-likeness (QED) is 0.575. The summed E-state index contributed by atoms with van der Waals surface area (Å²) in [4.78, 5) is 0. The fraction of sp³-hybridized carbons (Fsp3) is 0.400. The number of allylic oxidation sites excluding steroid dienone is 2. The molecule has 0 atom stereocenters. The van der Waals surface area contributed by atoms with Gasteiger partial charge in [0.2, 0.25) is 0 Å². The molecule has 1 aliphatic rings. The summed E-state index contributed by atoms with van der Waals surface area (Å²) in [6.45, 7) is 0. The van der Waals surface area contributed by atoms with Gasteiger partial charge in [0, 0.05) is 18.1 Å². The van der Waals surface area contributed by atoms with Crippen LogP contribution in [0.1, 0.15) is 25.7 Å². The van der Waals surface area contributed by atoms with Gasteiger partial charge in [-0.05, 0) is 37.8 Å². The van der Waals surface area contributed by atoms with Crippen LogP contribution in [0.5, 0.6) is 0 Å². The first-order chi connectivity index (χ1) is 5.47. The monoisotopic (exact) mass is 147 g/mol. The molecule has 0 aromatic carbocycles. The topological polar surface area (TPSA) is 4.93 Å². The third-order valence-corrected chi connectivity index (χ3v) is 2.20. The van der Waals surface area contributed by atoms with E-state index in [0.29, 0.717) is 0 Å². The standard InChI is InChI=1S/C10H13N/c1-2-6-10(7-3-1)11-8-4-5-9-11/h4-6,8-9H,1-3,7H2. The molecule has 1 aromatic heterocycles. The van der Waals surface area contributed by atoms with Crippen molar-refractivity contribution >= 4 is 5.70 Å². The van der Waals surface area contributed by atoms with Gasteiger partial charge in [0.1, 0.15) is 0 Å². The molecule has 0 fully saturated rings. The molecule has 0 N–H and O–H groups in total. The zero-order valence-corrected chi connectivity index (χ0v) is 6.66. The van der Waals surface area contributed by atoms with Gasteiger partial charge in [0.05, 0.1) is 0 Å². The summed E-state index contributed by atoms with van der Waals surface area (Å²) in [6, 6.07) is 4.16. The molecule has 58 valence electrons. The van der Waals surface area contributed by atoms with E-state index in [1.807, 2.05) is 0 Å². The van der Waals surface area contributed by atoms with Crippen LogP contribution in [0.3, 0.4) is 0 Å². The lowest BCUT2D eigenvalue weighted by Crippen LogP contribution is -1.97. The molecule has 0 radical (unpaired) electrons. The zero-order valence-electron chi connectivity index (χ0n) is 6.66. The lowest BCUT2D eigenvalue weighted by molar-refractivity contribution is 0.718. The Balaban J connectivity index is 2.22. The van der Waals surface area contributed by atoms with Gasteiger partial charge in [-0.15, -0.1) is 0 Å². The van der Waals surface area contributed by atoms with Crippen molar-refractivity contribution in [2.24, 2.45) is 0 Å². The molecule has 0 saturated carbocycles. The molecule has 0 unspecified atom stereocenters. The van der Waals surface area contributed by atoms with E-state index in [9.17, 15) is 0 Å². The summed E-state index contributed by atoms with van der Waals surface area (Å²) in [5.74, 6) is 0. The first-order valence-electron chi connectivity index (χ1n) is 4.29. The average molecular weight is 147 g/mol. The third-order valence-electron chi connectivity index (χ3n) is 2.20. The fourth-order valence-corrected chi connectivity index (χ4v) is 1.58. The number of hydrogen-bond acceptors (Lipinski definition) is 0. The molecule has 1 heterocycles. The van der Waals surface area contributed by atoms with Crippen molar-refractivity contribution in [1.82, 2.24) is 4.57 Å². The van der Waals surface area contributed by atoms with Gasteiger partial charge in [-0.1, -0.05) is 6.08 Å². The summed E-state index contributed by atoms with van der Waals surface area (Å²) >= 11 is 0. The first-order valence-corrected chi connectivity index (χ1v) is 4.29. The van der Waals surface area contributed by atoms with Gasteiger partial charge < -0.3 is 4.57 Å². The highest BCUT2D eigenvalue weighted by molar-refractivity contribution is 5.46. The molecule has 11 heavy (non-hydrogen) atoms. The molecular weight excluding hydrogens is 134 g/mol. The Labute approximate surface area is 67.3 Å². The van der Waals surface area contributed by atoms with E-state index in [-0.39, 0.29) is 0 Å². The van der Waals surface area contributed by atoms with E-state index < -0.39 is 0 Å². The second-order valence-electron chi connectivity index (χ2n) is 3.03. The molecule has 1 aromatic rings. The maximum absolute atomic E-state index is 2.35. The van der Waals surface area contributed by atoms with Crippen molar-refractivity contribution in [3.05, 3.63) is 30.6 Å². The van der Waals surface area contributed by atoms with E-state index in [2.05, 4.69) is 35.2 Å². The minimum Gasteiger partial charge on any atom is -0.328 e.